The Morgan fingerprint density at radius 2 is 1.65 bits per heavy atom. The predicted molar refractivity (Wildman–Crippen MR) is 180 cm³/mol. The van der Waals surface area contributed by atoms with Crippen LogP contribution < -0.4 is 16.0 Å². The molecule has 3 amide bonds. The Balaban J connectivity index is 0.00000118. The number of carbonyl (C=O) groups is 3. The van der Waals surface area contributed by atoms with Gasteiger partial charge >= 0.3 is 0 Å². The van der Waals surface area contributed by atoms with Gasteiger partial charge in [-0.1, -0.05) is 6.07 Å². The highest BCUT2D eigenvalue weighted by Crippen LogP contribution is 2.25. The summed E-state index contributed by atoms with van der Waals surface area (Å²) in [6, 6.07) is 10.7. The van der Waals surface area contributed by atoms with Crippen molar-refractivity contribution in [1.82, 2.24) is 24.9 Å². The zero-order valence-electron chi connectivity index (χ0n) is 27.1. The number of methoxy groups -OCH3 is 1. The first-order valence-electron chi connectivity index (χ1n) is 15.2. The van der Waals surface area contributed by atoms with E-state index in [1.54, 1.807) is 45.5 Å². The van der Waals surface area contributed by atoms with Crippen LogP contribution in [0.5, 0.6) is 0 Å². The van der Waals surface area contributed by atoms with E-state index in [-0.39, 0.29) is 35.0 Å². The summed E-state index contributed by atoms with van der Waals surface area (Å²) in [5, 5.41) is 17.0. The van der Waals surface area contributed by atoms with Gasteiger partial charge in [0.05, 0.1) is 24.1 Å². The van der Waals surface area contributed by atoms with E-state index in [4.69, 9.17) is 5.11 Å². The summed E-state index contributed by atoms with van der Waals surface area (Å²) >= 11 is 0. The van der Waals surface area contributed by atoms with Crippen molar-refractivity contribution in [1.29, 1.82) is 0 Å². The van der Waals surface area contributed by atoms with E-state index < -0.39 is 29.5 Å². The van der Waals surface area contributed by atoms with Gasteiger partial charge in [0.1, 0.15) is 23.0 Å². The SMILES string of the molecule is C#C.CC(CO)NC(=O)c1ccc(-c2ccn3c(C(=O)Nc4cc(C(=O)NCCN5CCCC5)ccc4F)cnc3c2)cc1F.COC. The minimum absolute atomic E-state index is 0.123. The van der Waals surface area contributed by atoms with Gasteiger partial charge in [0.25, 0.3) is 17.7 Å². The molecule has 1 aliphatic rings. The fourth-order valence-electron chi connectivity index (χ4n) is 4.94. The van der Waals surface area contributed by atoms with Crippen molar-refractivity contribution in [2.45, 2.75) is 25.8 Å². The quantitative estimate of drug-likeness (QED) is 0.189. The summed E-state index contributed by atoms with van der Waals surface area (Å²) in [5.74, 6) is -3.05. The Labute approximate surface area is 278 Å². The number of aromatic nitrogens is 2. The number of likely N-dealkylation sites (tertiary alicyclic amines) is 1. The minimum atomic E-state index is -0.729. The second-order valence-electron chi connectivity index (χ2n) is 10.9. The van der Waals surface area contributed by atoms with Gasteiger partial charge in [-0.3, -0.25) is 18.8 Å². The Hall–Kier alpha value is -5.16. The van der Waals surface area contributed by atoms with Crippen molar-refractivity contribution in [3.63, 3.8) is 0 Å². The lowest BCUT2D eigenvalue weighted by atomic mass is 10.0. The third-order valence-corrected chi connectivity index (χ3v) is 7.33. The zero-order chi connectivity index (χ0) is 35.2. The highest BCUT2D eigenvalue weighted by atomic mass is 19.1. The first-order valence-corrected chi connectivity index (χ1v) is 15.2. The number of terminal acetylenes is 1. The van der Waals surface area contributed by atoms with Crippen molar-refractivity contribution in [3.05, 3.63) is 89.4 Å². The number of ether oxygens (including phenoxy) is 1. The zero-order valence-corrected chi connectivity index (χ0v) is 27.1. The van der Waals surface area contributed by atoms with Crippen LogP contribution in [0.1, 0.15) is 51.0 Å². The molecule has 0 bridgehead atoms. The number of halogens is 2. The van der Waals surface area contributed by atoms with E-state index >= 15 is 0 Å². The maximum atomic E-state index is 14.8. The molecule has 13 heteroatoms. The normalized spacial score (nSPS) is 13.0. The number of amides is 3. The maximum Gasteiger partial charge on any atom is 0.274 e. The lowest BCUT2D eigenvalue weighted by molar-refractivity contribution is 0.0916. The number of aliphatic hydroxyl groups is 1. The highest BCUT2D eigenvalue weighted by molar-refractivity contribution is 6.04. The fourth-order valence-corrected chi connectivity index (χ4v) is 4.94. The summed E-state index contributed by atoms with van der Waals surface area (Å²) in [7, 11) is 3.25. The summed E-state index contributed by atoms with van der Waals surface area (Å²) in [6.45, 7) is 4.58. The number of nitrogens with zero attached hydrogens (tertiary/aromatic N) is 3. The summed E-state index contributed by atoms with van der Waals surface area (Å²) < 4.78 is 35.1. The second kappa shape index (κ2) is 18.2. The fraction of sp³-hybridized carbons (Fsp3) is 0.314. The van der Waals surface area contributed by atoms with E-state index in [0.717, 1.165) is 38.5 Å². The number of fused-ring (bicyclic) bond motifs is 1. The molecule has 48 heavy (non-hydrogen) atoms. The second-order valence-corrected chi connectivity index (χ2v) is 10.9. The van der Waals surface area contributed by atoms with Gasteiger partial charge in [-0.2, -0.15) is 0 Å². The maximum absolute atomic E-state index is 14.8. The molecule has 4 aromatic rings. The number of anilines is 1. The van der Waals surface area contributed by atoms with Crippen molar-refractivity contribution in [2.24, 2.45) is 0 Å². The van der Waals surface area contributed by atoms with Crippen LogP contribution in [0.25, 0.3) is 16.8 Å². The number of hydrogen-bond acceptors (Lipinski definition) is 7. The molecule has 3 heterocycles. The van der Waals surface area contributed by atoms with Crippen molar-refractivity contribution < 1.29 is 33.0 Å². The van der Waals surface area contributed by atoms with Crippen molar-refractivity contribution >= 4 is 29.1 Å². The van der Waals surface area contributed by atoms with Crippen LogP contribution in [0.3, 0.4) is 0 Å². The third kappa shape index (κ3) is 9.68. The van der Waals surface area contributed by atoms with Gasteiger partial charge in [0.15, 0.2) is 0 Å². The molecule has 254 valence electrons. The average Bonchev–Trinajstić information content (AvgIpc) is 3.77. The summed E-state index contributed by atoms with van der Waals surface area (Å²) in [4.78, 5) is 44.5. The number of hydrogen-bond donors (Lipinski definition) is 4. The van der Waals surface area contributed by atoms with Gasteiger partial charge in [0.2, 0.25) is 0 Å². The highest BCUT2D eigenvalue weighted by Gasteiger charge is 2.19. The Kier molecular flexibility index (Phi) is 14.2. The molecule has 0 spiro atoms. The lowest BCUT2D eigenvalue weighted by Crippen LogP contribution is -2.35. The molecule has 0 aliphatic carbocycles. The first kappa shape index (κ1) is 37.3. The number of pyridine rings is 1. The van der Waals surface area contributed by atoms with E-state index in [2.05, 4.69) is 43.4 Å². The molecular weight excluding hydrogens is 622 g/mol. The molecular formula is C35H40F2N6O5. The van der Waals surface area contributed by atoms with Crippen LogP contribution in [0.2, 0.25) is 0 Å². The van der Waals surface area contributed by atoms with E-state index in [9.17, 15) is 23.2 Å². The van der Waals surface area contributed by atoms with Crippen molar-refractivity contribution in [3.8, 4) is 24.0 Å². The van der Waals surface area contributed by atoms with Crippen LogP contribution in [0, 0.1) is 24.5 Å². The monoisotopic (exact) mass is 662 g/mol. The molecule has 1 atom stereocenters. The smallest absolute Gasteiger partial charge is 0.274 e. The molecule has 0 saturated carbocycles. The number of benzene rings is 2. The minimum Gasteiger partial charge on any atom is -0.394 e. The molecule has 0 radical (unpaired) electrons. The topological polar surface area (TPSA) is 137 Å². The van der Waals surface area contributed by atoms with Crippen molar-refractivity contribution in [2.75, 3.05) is 52.3 Å². The molecule has 1 unspecified atom stereocenters. The molecule has 1 aliphatic heterocycles. The number of imidazole rings is 1. The standard InChI is InChI=1S/C31H32F2N6O4.C2H6O.C2H2/c1-19(18-40)36-30(42)23-6-4-20(14-25(23)33)21-8-12-39-27(17-35-28(39)16-21)31(43)37-26-15-22(5-7-24(26)32)29(41)34-9-13-38-10-2-3-11-38;1-3-2;1-2/h4-8,12,14-17,19,40H,2-3,9-11,13,18H2,1H3,(H,34,41)(H,36,42)(H,37,43);1-2H3;1-2H. The molecule has 11 nitrogen and oxygen atoms in total. The van der Waals surface area contributed by atoms with Crippen LogP contribution in [-0.4, -0.2) is 90.2 Å². The van der Waals surface area contributed by atoms with Gasteiger partial charge in [-0.25, -0.2) is 13.8 Å². The van der Waals surface area contributed by atoms with Crippen LogP contribution in [0.4, 0.5) is 14.5 Å². The molecule has 4 N–H and O–H groups in total. The Bertz CT molecular complexity index is 1740. The lowest BCUT2D eigenvalue weighted by Gasteiger charge is -2.15. The molecule has 2 aromatic heterocycles. The summed E-state index contributed by atoms with van der Waals surface area (Å²) in [6.07, 6.45) is 13.2. The largest absolute Gasteiger partial charge is 0.394 e. The van der Waals surface area contributed by atoms with Gasteiger partial charge in [0, 0.05) is 45.1 Å². The average molecular weight is 663 g/mol. The molecule has 1 fully saturated rings. The molecule has 2 aromatic carbocycles. The van der Waals surface area contributed by atoms with Gasteiger partial charge in [-0.05, 0) is 86.4 Å². The predicted octanol–water partition coefficient (Wildman–Crippen LogP) is 3.98. The van der Waals surface area contributed by atoms with Crippen LogP contribution in [-0.2, 0) is 4.74 Å². The Morgan fingerprint density at radius 1 is 0.958 bits per heavy atom. The number of rotatable bonds is 10. The van der Waals surface area contributed by atoms with Crippen LogP contribution in [0.15, 0.2) is 60.9 Å². The van der Waals surface area contributed by atoms with E-state index in [1.807, 2.05) is 0 Å². The number of aliphatic hydroxyl groups excluding tert-OH is 1. The molecule has 1 saturated heterocycles. The number of carbonyl (C=O) groups excluding carboxylic acids is 3. The van der Waals surface area contributed by atoms with Gasteiger partial charge in [-0.15, -0.1) is 12.8 Å². The Morgan fingerprint density at radius 3 is 2.31 bits per heavy atom. The van der Waals surface area contributed by atoms with Crippen LogP contribution >= 0.6 is 0 Å². The summed E-state index contributed by atoms with van der Waals surface area (Å²) in [5.41, 5.74) is 1.51. The number of nitrogens with one attached hydrogen (secondary N) is 3. The first-order chi connectivity index (χ1) is 23.1. The van der Waals surface area contributed by atoms with Gasteiger partial charge < -0.3 is 30.7 Å². The molecule has 5 rings (SSSR count). The van der Waals surface area contributed by atoms with E-state index in [0.29, 0.717) is 23.3 Å². The third-order valence-electron chi connectivity index (χ3n) is 7.33. The van der Waals surface area contributed by atoms with E-state index in [1.165, 1.54) is 34.9 Å².